The zero-order valence-corrected chi connectivity index (χ0v) is 8.85. The number of hydrogen-bond acceptors (Lipinski definition) is 3. The molecular formula is C12H17NO2. The number of piperidine rings is 1. The number of likely N-dealkylation sites (tertiary alicyclic amines) is 1. The largest absolute Gasteiger partial charge is 0.462 e. The fourth-order valence-corrected chi connectivity index (χ4v) is 3.01. The van der Waals surface area contributed by atoms with Crippen molar-refractivity contribution in [1.82, 2.24) is 4.90 Å². The molecule has 2 atom stereocenters. The van der Waals surface area contributed by atoms with Crippen LogP contribution in [-0.2, 0) is 13.2 Å². The Morgan fingerprint density at radius 1 is 1.33 bits per heavy atom. The molecule has 1 aromatic rings. The van der Waals surface area contributed by atoms with Gasteiger partial charge in [0.15, 0.2) is 0 Å². The molecule has 2 aliphatic rings. The van der Waals surface area contributed by atoms with Crippen molar-refractivity contribution in [2.75, 3.05) is 6.54 Å². The molecule has 0 amide bonds. The van der Waals surface area contributed by atoms with Crippen molar-refractivity contribution in [3.05, 3.63) is 23.7 Å². The van der Waals surface area contributed by atoms with Gasteiger partial charge in [0.25, 0.3) is 0 Å². The van der Waals surface area contributed by atoms with Crippen molar-refractivity contribution in [3.63, 3.8) is 0 Å². The summed E-state index contributed by atoms with van der Waals surface area (Å²) in [4.78, 5) is 2.52. The number of aliphatic hydroxyl groups is 1. The Hall–Kier alpha value is -0.800. The van der Waals surface area contributed by atoms with Crippen LogP contribution in [0.15, 0.2) is 16.5 Å². The molecule has 1 aliphatic heterocycles. The second-order valence-corrected chi connectivity index (χ2v) is 4.79. The van der Waals surface area contributed by atoms with Crippen molar-refractivity contribution in [3.8, 4) is 0 Å². The van der Waals surface area contributed by atoms with Gasteiger partial charge in [0, 0.05) is 12.6 Å². The van der Waals surface area contributed by atoms with Gasteiger partial charge in [-0.25, -0.2) is 0 Å². The summed E-state index contributed by atoms with van der Waals surface area (Å²) in [5, 5.41) is 8.91. The first-order valence-electron chi connectivity index (χ1n) is 5.77. The van der Waals surface area contributed by atoms with E-state index in [1.807, 2.05) is 12.1 Å². The predicted molar refractivity (Wildman–Crippen MR) is 56.2 cm³/mol. The molecule has 1 saturated heterocycles. The monoisotopic (exact) mass is 207 g/mol. The van der Waals surface area contributed by atoms with Crippen LogP contribution in [-0.4, -0.2) is 22.6 Å². The Labute approximate surface area is 89.7 Å². The fourth-order valence-electron chi connectivity index (χ4n) is 3.01. The lowest BCUT2D eigenvalue weighted by Gasteiger charge is -2.25. The average Bonchev–Trinajstić information content (AvgIpc) is 2.92. The minimum absolute atomic E-state index is 0.00601. The smallest absolute Gasteiger partial charge is 0.129 e. The van der Waals surface area contributed by atoms with Gasteiger partial charge in [-0.1, -0.05) is 0 Å². The molecule has 82 valence electrons. The summed E-state index contributed by atoms with van der Waals surface area (Å²) in [5.74, 6) is 2.60. The van der Waals surface area contributed by atoms with Crippen molar-refractivity contribution >= 4 is 0 Å². The summed E-state index contributed by atoms with van der Waals surface area (Å²) < 4.78 is 5.51. The van der Waals surface area contributed by atoms with Gasteiger partial charge < -0.3 is 9.52 Å². The Morgan fingerprint density at radius 3 is 2.80 bits per heavy atom. The van der Waals surface area contributed by atoms with Crippen LogP contribution in [0.2, 0.25) is 0 Å². The van der Waals surface area contributed by atoms with E-state index in [-0.39, 0.29) is 6.61 Å². The number of fused-ring (bicyclic) bond motifs is 2. The van der Waals surface area contributed by atoms with Gasteiger partial charge in [-0.3, -0.25) is 4.90 Å². The summed E-state index contributed by atoms with van der Waals surface area (Å²) in [7, 11) is 0. The van der Waals surface area contributed by atoms with Crippen LogP contribution in [0, 0.1) is 5.92 Å². The SMILES string of the molecule is OCc1ccc(CN2CC3CCC2C3)o1. The van der Waals surface area contributed by atoms with Crippen LogP contribution < -0.4 is 0 Å². The van der Waals surface area contributed by atoms with Crippen LogP contribution in [0.25, 0.3) is 0 Å². The Kier molecular flexibility index (Phi) is 2.29. The maximum atomic E-state index is 8.91. The third-order valence-electron chi connectivity index (χ3n) is 3.75. The van der Waals surface area contributed by atoms with Crippen LogP contribution in [0.4, 0.5) is 0 Å². The molecule has 0 radical (unpaired) electrons. The molecule has 0 spiro atoms. The van der Waals surface area contributed by atoms with Gasteiger partial charge >= 0.3 is 0 Å². The maximum absolute atomic E-state index is 8.91. The van der Waals surface area contributed by atoms with Crippen molar-refractivity contribution in [2.45, 2.75) is 38.5 Å². The molecular weight excluding hydrogens is 190 g/mol. The number of furan rings is 1. The third kappa shape index (κ3) is 1.70. The first-order chi connectivity index (χ1) is 7.35. The topological polar surface area (TPSA) is 36.6 Å². The van der Waals surface area contributed by atoms with Crippen LogP contribution in [0.1, 0.15) is 30.8 Å². The predicted octanol–water partition coefficient (Wildman–Crippen LogP) is 1.76. The molecule has 1 aliphatic carbocycles. The van der Waals surface area contributed by atoms with Crippen molar-refractivity contribution < 1.29 is 9.52 Å². The first-order valence-corrected chi connectivity index (χ1v) is 5.77. The molecule has 3 rings (SSSR count). The van der Waals surface area contributed by atoms with Gasteiger partial charge in [-0.05, 0) is 37.3 Å². The van der Waals surface area contributed by atoms with Gasteiger partial charge in [0.2, 0.25) is 0 Å². The van der Waals surface area contributed by atoms with Gasteiger partial charge in [-0.15, -0.1) is 0 Å². The molecule has 1 N–H and O–H groups in total. The summed E-state index contributed by atoms with van der Waals surface area (Å²) >= 11 is 0. The number of nitrogens with zero attached hydrogens (tertiary/aromatic N) is 1. The molecule has 3 nitrogen and oxygen atoms in total. The van der Waals surface area contributed by atoms with Crippen molar-refractivity contribution in [1.29, 1.82) is 0 Å². The Balaban J connectivity index is 1.65. The second-order valence-electron chi connectivity index (χ2n) is 4.79. The van der Waals surface area contributed by atoms with Crippen LogP contribution in [0.3, 0.4) is 0 Å². The Bertz CT molecular complexity index is 347. The van der Waals surface area contributed by atoms with E-state index in [0.29, 0.717) is 5.76 Å². The highest BCUT2D eigenvalue weighted by Gasteiger charge is 2.37. The minimum Gasteiger partial charge on any atom is -0.462 e. The quantitative estimate of drug-likeness (QED) is 0.820. The molecule has 2 fully saturated rings. The van der Waals surface area contributed by atoms with E-state index in [2.05, 4.69) is 4.90 Å². The van der Waals surface area contributed by atoms with E-state index < -0.39 is 0 Å². The van der Waals surface area contributed by atoms with E-state index in [1.54, 1.807) is 0 Å². The van der Waals surface area contributed by atoms with Gasteiger partial charge in [0.1, 0.15) is 18.1 Å². The zero-order chi connectivity index (χ0) is 10.3. The lowest BCUT2D eigenvalue weighted by molar-refractivity contribution is 0.183. The number of hydrogen-bond donors (Lipinski definition) is 1. The van der Waals surface area contributed by atoms with Crippen LogP contribution in [0.5, 0.6) is 0 Å². The third-order valence-corrected chi connectivity index (χ3v) is 3.75. The molecule has 2 unspecified atom stereocenters. The molecule has 2 bridgehead atoms. The van der Waals surface area contributed by atoms with E-state index in [0.717, 1.165) is 24.3 Å². The highest BCUT2D eigenvalue weighted by Crippen LogP contribution is 2.38. The van der Waals surface area contributed by atoms with E-state index in [9.17, 15) is 0 Å². The highest BCUT2D eigenvalue weighted by molar-refractivity contribution is 5.07. The number of aliphatic hydroxyl groups excluding tert-OH is 1. The molecule has 2 heterocycles. The molecule has 1 saturated carbocycles. The lowest BCUT2D eigenvalue weighted by Crippen LogP contribution is -2.31. The average molecular weight is 207 g/mol. The highest BCUT2D eigenvalue weighted by atomic mass is 16.4. The fraction of sp³-hybridized carbons (Fsp3) is 0.667. The van der Waals surface area contributed by atoms with Gasteiger partial charge in [0.05, 0.1) is 6.54 Å². The molecule has 3 heteroatoms. The lowest BCUT2D eigenvalue weighted by atomic mass is 10.1. The molecule has 1 aromatic heterocycles. The van der Waals surface area contributed by atoms with Crippen LogP contribution >= 0.6 is 0 Å². The minimum atomic E-state index is 0.00601. The summed E-state index contributed by atoms with van der Waals surface area (Å²) in [6, 6.07) is 4.64. The standard InChI is InChI=1S/C12H17NO2/c14-8-12-4-3-11(15-12)7-13-6-9-1-2-10(13)5-9/h3-4,9-10,14H,1-2,5-8H2. The maximum Gasteiger partial charge on any atom is 0.129 e. The second kappa shape index (κ2) is 3.65. The van der Waals surface area contributed by atoms with E-state index in [4.69, 9.17) is 9.52 Å². The number of rotatable bonds is 3. The first kappa shape index (κ1) is 9.43. The van der Waals surface area contributed by atoms with Gasteiger partial charge in [-0.2, -0.15) is 0 Å². The molecule has 0 aromatic carbocycles. The Morgan fingerprint density at radius 2 is 2.20 bits per heavy atom. The van der Waals surface area contributed by atoms with E-state index in [1.165, 1.54) is 25.8 Å². The van der Waals surface area contributed by atoms with E-state index >= 15 is 0 Å². The summed E-state index contributed by atoms with van der Waals surface area (Å²) in [6.07, 6.45) is 4.16. The summed E-state index contributed by atoms with van der Waals surface area (Å²) in [5.41, 5.74) is 0. The van der Waals surface area contributed by atoms with Crippen molar-refractivity contribution in [2.24, 2.45) is 5.92 Å². The normalized spacial score (nSPS) is 30.2. The summed E-state index contributed by atoms with van der Waals surface area (Å²) in [6.45, 7) is 2.16. The zero-order valence-electron chi connectivity index (χ0n) is 8.85. The molecule has 15 heavy (non-hydrogen) atoms.